The summed E-state index contributed by atoms with van der Waals surface area (Å²) in [6, 6.07) is 6.67. The van der Waals surface area contributed by atoms with Crippen molar-refractivity contribution in [1.82, 2.24) is 39.7 Å². The van der Waals surface area contributed by atoms with Crippen LogP contribution in [0.3, 0.4) is 0 Å². The number of rotatable bonds is 7. The van der Waals surface area contributed by atoms with Crippen molar-refractivity contribution in [3.8, 4) is 28.5 Å². The summed E-state index contributed by atoms with van der Waals surface area (Å²) in [6.45, 7) is 3.94. The zero-order chi connectivity index (χ0) is 26.2. The number of amides is 1. The van der Waals surface area contributed by atoms with Crippen LogP contribution in [0.1, 0.15) is 31.9 Å². The lowest BCUT2D eigenvalue weighted by molar-refractivity contribution is -0.116. The molecular formula is C27H24FN9O. The molecule has 0 spiro atoms. The molecule has 38 heavy (non-hydrogen) atoms. The van der Waals surface area contributed by atoms with Crippen LogP contribution in [0.15, 0.2) is 55.4 Å². The van der Waals surface area contributed by atoms with Crippen LogP contribution in [0.4, 0.5) is 10.1 Å². The van der Waals surface area contributed by atoms with Gasteiger partial charge in [0.05, 0.1) is 28.6 Å². The average Bonchev–Trinajstić information content (AvgIpc) is 3.64. The summed E-state index contributed by atoms with van der Waals surface area (Å²) in [4.78, 5) is 33.2. The number of carbonyl (C=O) groups excluding carboxylic acids is 1. The summed E-state index contributed by atoms with van der Waals surface area (Å²) in [5, 5.41) is 10.9. The lowest BCUT2D eigenvalue weighted by Crippen LogP contribution is -2.11. The van der Waals surface area contributed by atoms with Gasteiger partial charge in [0, 0.05) is 47.6 Å². The maximum Gasteiger partial charge on any atom is 0.224 e. The molecule has 0 aliphatic carbocycles. The van der Waals surface area contributed by atoms with Crippen molar-refractivity contribution >= 4 is 33.5 Å². The Morgan fingerprint density at radius 1 is 1.16 bits per heavy atom. The number of unbranched alkanes of at least 4 members (excludes halogenated alkanes) is 1. The molecule has 5 aromatic heterocycles. The Morgan fingerprint density at radius 3 is 2.87 bits per heavy atom. The molecule has 0 bridgehead atoms. The molecule has 1 aromatic carbocycles. The summed E-state index contributed by atoms with van der Waals surface area (Å²) >= 11 is 0. The molecule has 3 N–H and O–H groups in total. The van der Waals surface area contributed by atoms with E-state index < -0.39 is 5.82 Å². The second kappa shape index (κ2) is 9.51. The number of aromatic amines is 2. The highest BCUT2D eigenvalue weighted by Crippen LogP contribution is 2.33. The second-order valence-electron chi connectivity index (χ2n) is 9.10. The van der Waals surface area contributed by atoms with Crippen LogP contribution in [-0.2, 0) is 4.79 Å². The predicted molar refractivity (Wildman–Crippen MR) is 142 cm³/mol. The number of aryl methyl sites for hydroxylation is 1. The molecule has 11 heteroatoms. The van der Waals surface area contributed by atoms with E-state index in [0.29, 0.717) is 57.0 Å². The molecule has 0 saturated heterocycles. The summed E-state index contributed by atoms with van der Waals surface area (Å²) in [5.74, 6) is 0.630. The van der Waals surface area contributed by atoms with Crippen molar-refractivity contribution in [2.45, 2.75) is 33.1 Å². The number of fused-ring (bicyclic) bond motifs is 2. The largest absolute Gasteiger partial charge is 0.336 e. The van der Waals surface area contributed by atoms with E-state index in [1.54, 1.807) is 37.1 Å². The number of nitrogens with zero attached hydrogens (tertiary/aromatic N) is 6. The van der Waals surface area contributed by atoms with Crippen LogP contribution in [-0.4, -0.2) is 45.6 Å². The van der Waals surface area contributed by atoms with Gasteiger partial charge in [0.15, 0.2) is 11.6 Å². The number of anilines is 1. The first-order chi connectivity index (χ1) is 18.5. The molecule has 10 nitrogen and oxygen atoms in total. The molecule has 0 saturated carbocycles. The van der Waals surface area contributed by atoms with Gasteiger partial charge in [-0.3, -0.25) is 19.4 Å². The number of halogens is 1. The van der Waals surface area contributed by atoms with E-state index >= 15 is 4.39 Å². The maximum atomic E-state index is 15.2. The number of pyridine rings is 2. The molecule has 0 aliphatic rings. The Labute approximate surface area is 216 Å². The molecule has 5 heterocycles. The zero-order valence-electron chi connectivity index (χ0n) is 20.8. The van der Waals surface area contributed by atoms with Crippen LogP contribution in [0.2, 0.25) is 0 Å². The zero-order valence-corrected chi connectivity index (χ0v) is 20.8. The predicted octanol–water partition coefficient (Wildman–Crippen LogP) is 5.33. The Bertz CT molecular complexity index is 1800. The lowest BCUT2D eigenvalue weighted by Gasteiger charge is -2.08. The van der Waals surface area contributed by atoms with Gasteiger partial charge >= 0.3 is 0 Å². The Kier molecular flexibility index (Phi) is 5.87. The van der Waals surface area contributed by atoms with E-state index in [9.17, 15) is 4.79 Å². The molecule has 0 unspecified atom stereocenters. The van der Waals surface area contributed by atoms with E-state index in [2.05, 4.69) is 35.5 Å². The van der Waals surface area contributed by atoms with Crippen molar-refractivity contribution < 1.29 is 9.18 Å². The van der Waals surface area contributed by atoms with Crippen molar-refractivity contribution in [3.05, 3.63) is 66.9 Å². The van der Waals surface area contributed by atoms with E-state index in [1.165, 1.54) is 6.07 Å². The van der Waals surface area contributed by atoms with Gasteiger partial charge in [-0.2, -0.15) is 5.10 Å². The fourth-order valence-electron chi connectivity index (χ4n) is 4.42. The fourth-order valence-corrected chi connectivity index (χ4v) is 4.42. The van der Waals surface area contributed by atoms with E-state index in [-0.39, 0.29) is 5.91 Å². The number of imidazole rings is 2. The van der Waals surface area contributed by atoms with Crippen molar-refractivity contribution in [2.75, 3.05) is 5.32 Å². The summed E-state index contributed by atoms with van der Waals surface area (Å²) < 4.78 is 17.0. The van der Waals surface area contributed by atoms with Gasteiger partial charge in [0.2, 0.25) is 5.91 Å². The van der Waals surface area contributed by atoms with Crippen LogP contribution in [0, 0.1) is 12.7 Å². The molecular weight excluding hydrogens is 485 g/mol. The van der Waals surface area contributed by atoms with Crippen molar-refractivity contribution in [3.63, 3.8) is 0 Å². The van der Waals surface area contributed by atoms with Crippen LogP contribution in [0.5, 0.6) is 0 Å². The molecule has 0 radical (unpaired) electrons. The smallest absolute Gasteiger partial charge is 0.224 e. The number of hydrogen-bond donors (Lipinski definition) is 3. The van der Waals surface area contributed by atoms with E-state index in [0.717, 1.165) is 24.1 Å². The van der Waals surface area contributed by atoms with Gasteiger partial charge in [0.25, 0.3) is 0 Å². The summed E-state index contributed by atoms with van der Waals surface area (Å²) in [5.41, 5.74) is 4.78. The number of H-pyrrole nitrogens is 2. The third kappa shape index (κ3) is 4.27. The normalized spacial score (nSPS) is 11.4. The van der Waals surface area contributed by atoms with E-state index in [1.807, 2.05) is 30.7 Å². The first-order valence-electron chi connectivity index (χ1n) is 12.3. The minimum absolute atomic E-state index is 0.0940. The van der Waals surface area contributed by atoms with Crippen LogP contribution in [0.25, 0.3) is 50.4 Å². The standard InChI is InChI=1S/C27H24FN9O/c1-3-4-5-23(38)32-17-8-16(11-29-12-17)18-9-19-22(10-20(18)28)35-36-24(19)26-33-21-6-7-30-27(25(21)34-26)37-13-15(2)31-14-37/h6-14H,3-5H2,1-2H3,(H,32,38)(H,33,34)(H,35,36). The highest BCUT2D eigenvalue weighted by molar-refractivity contribution is 5.97. The monoisotopic (exact) mass is 509 g/mol. The van der Waals surface area contributed by atoms with Crippen molar-refractivity contribution in [1.29, 1.82) is 0 Å². The molecule has 190 valence electrons. The Hall–Kier alpha value is -4.93. The molecule has 0 aliphatic heterocycles. The summed E-state index contributed by atoms with van der Waals surface area (Å²) in [7, 11) is 0. The lowest BCUT2D eigenvalue weighted by atomic mass is 10.0. The van der Waals surface area contributed by atoms with Crippen LogP contribution >= 0.6 is 0 Å². The van der Waals surface area contributed by atoms with Gasteiger partial charge in [0.1, 0.15) is 23.4 Å². The molecule has 0 atom stereocenters. The fraction of sp³-hybridized carbons (Fsp3) is 0.185. The van der Waals surface area contributed by atoms with E-state index in [4.69, 9.17) is 4.98 Å². The number of benzene rings is 1. The first kappa shape index (κ1) is 23.5. The topological polar surface area (TPSA) is 130 Å². The van der Waals surface area contributed by atoms with Crippen molar-refractivity contribution in [2.24, 2.45) is 0 Å². The Morgan fingerprint density at radius 2 is 2.05 bits per heavy atom. The first-order valence-corrected chi connectivity index (χ1v) is 12.3. The SMILES string of the molecule is CCCCC(=O)Nc1cncc(-c2cc3c(-c4nc5c(-n6cnc(C)c6)nccc5[nH]4)n[nH]c3cc2F)c1. The minimum Gasteiger partial charge on any atom is -0.336 e. The van der Waals surface area contributed by atoms with Gasteiger partial charge in [-0.25, -0.2) is 19.3 Å². The third-order valence-electron chi connectivity index (χ3n) is 6.30. The third-order valence-corrected chi connectivity index (χ3v) is 6.30. The molecule has 6 rings (SSSR count). The number of aromatic nitrogens is 8. The maximum absolute atomic E-state index is 15.2. The summed E-state index contributed by atoms with van der Waals surface area (Å²) in [6.07, 6.45) is 10.5. The average molecular weight is 510 g/mol. The number of nitrogens with one attached hydrogen (secondary N) is 3. The Balaban J connectivity index is 1.40. The molecule has 0 fully saturated rings. The minimum atomic E-state index is -0.435. The van der Waals surface area contributed by atoms with Gasteiger partial charge < -0.3 is 10.3 Å². The molecule has 1 amide bonds. The highest BCUT2D eigenvalue weighted by Gasteiger charge is 2.18. The van der Waals surface area contributed by atoms with Gasteiger partial charge in [-0.1, -0.05) is 13.3 Å². The second-order valence-corrected chi connectivity index (χ2v) is 9.10. The quantitative estimate of drug-likeness (QED) is 0.267. The molecule has 6 aromatic rings. The number of carbonyl (C=O) groups is 1. The van der Waals surface area contributed by atoms with Gasteiger partial charge in [-0.05, 0) is 31.5 Å². The van der Waals surface area contributed by atoms with Gasteiger partial charge in [-0.15, -0.1) is 0 Å². The number of hydrogen-bond acceptors (Lipinski definition) is 6. The van der Waals surface area contributed by atoms with Crippen LogP contribution < -0.4 is 5.32 Å². The highest BCUT2D eigenvalue weighted by atomic mass is 19.1.